The fraction of sp³-hybridized carbons (Fsp3) is 0.562. The van der Waals surface area contributed by atoms with Gasteiger partial charge in [-0.25, -0.2) is 0 Å². The first kappa shape index (κ1) is 13.1. The molecule has 0 N–H and O–H groups in total. The molecule has 2 nitrogen and oxygen atoms in total. The summed E-state index contributed by atoms with van der Waals surface area (Å²) in [6, 6.07) is 9.04. The summed E-state index contributed by atoms with van der Waals surface area (Å²) in [5.74, 6) is 0.278. The molecule has 1 saturated heterocycles. The van der Waals surface area contributed by atoms with Gasteiger partial charge in [-0.1, -0.05) is 29.8 Å². The number of carbonyl (C=O) groups is 1. The molecule has 0 aromatic heterocycles. The Hall–Kier alpha value is -1.31. The van der Waals surface area contributed by atoms with E-state index in [1.54, 1.807) is 0 Å². The normalized spacial score (nSPS) is 24.1. The van der Waals surface area contributed by atoms with Gasteiger partial charge in [-0.05, 0) is 45.6 Å². The summed E-state index contributed by atoms with van der Waals surface area (Å²) in [6.45, 7) is 6.41. The monoisotopic (exact) mass is 245 g/mol. The molecule has 1 aliphatic heterocycles. The van der Waals surface area contributed by atoms with Crippen LogP contribution < -0.4 is 0 Å². The largest absolute Gasteiger partial charge is 0.337 e. The number of piperidine rings is 1. The van der Waals surface area contributed by atoms with E-state index in [2.05, 4.69) is 37.8 Å². The molecule has 1 heterocycles. The first-order valence-corrected chi connectivity index (χ1v) is 6.94. The average Bonchev–Trinajstić information content (AvgIpc) is 2.28. The van der Waals surface area contributed by atoms with Crippen molar-refractivity contribution in [2.24, 2.45) is 0 Å². The number of likely N-dealkylation sites (tertiary alicyclic amines) is 1. The molecular formula is C16H23NO. The molecule has 18 heavy (non-hydrogen) atoms. The van der Waals surface area contributed by atoms with Crippen LogP contribution in [-0.4, -0.2) is 22.9 Å². The van der Waals surface area contributed by atoms with Crippen molar-refractivity contribution in [3.8, 4) is 0 Å². The van der Waals surface area contributed by atoms with Crippen molar-refractivity contribution in [1.82, 2.24) is 4.90 Å². The summed E-state index contributed by atoms with van der Waals surface area (Å²) in [6.07, 6.45) is 4.07. The molecular weight excluding hydrogens is 222 g/mol. The Balaban J connectivity index is 2.07. The molecule has 1 amide bonds. The molecule has 2 unspecified atom stereocenters. The Kier molecular flexibility index (Phi) is 4.05. The minimum absolute atomic E-state index is 0.278. The van der Waals surface area contributed by atoms with Crippen LogP contribution in [0, 0.1) is 6.92 Å². The highest BCUT2D eigenvalue weighted by Crippen LogP contribution is 2.23. The highest BCUT2D eigenvalue weighted by molar-refractivity contribution is 5.79. The molecule has 0 radical (unpaired) electrons. The van der Waals surface area contributed by atoms with Gasteiger partial charge in [0.15, 0.2) is 0 Å². The van der Waals surface area contributed by atoms with Gasteiger partial charge in [0, 0.05) is 12.1 Å². The molecule has 0 saturated carbocycles. The lowest BCUT2D eigenvalue weighted by Crippen LogP contribution is -2.48. The number of rotatable bonds is 2. The van der Waals surface area contributed by atoms with Crippen LogP contribution in [0.1, 0.15) is 44.2 Å². The minimum atomic E-state index is 0.278. The quantitative estimate of drug-likeness (QED) is 0.782. The SMILES string of the molecule is Cc1cccc(CC(=O)N2C(C)CCCC2C)c1. The summed E-state index contributed by atoms with van der Waals surface area (Å²) < 4.78 is 0. The van der Waals surface area contributed by atoms with Crippen molar-refractivity contribution in [2.75, 3.05) is 0 Å². The van der Waals surface area contributed by atoms with Gasteiger partial charge in [-0.2, -0.15) is 0 Å². The first-order chi connectivity index (χ1) is 8.58. The standard InChI is InChI=1S/C16H23NO/c1-12-6-4-9-15(10-12)11-16(18)17-13(2)7-5-8-14(17)3/h4,6,9-10,13-14H,5,7-8,11H2,1-3H3. The van der Waals surface area contributed by atoms with Gasteiger partial charge >= 0.3 is 0 Å². The maximum Gasteiger partial charge on any atom is 0.227 e. The molecule has 2 atom stereocenters. The maximum atomic E-state index is 12.4. The van der Waals surface area contributed by atoms with Crippen molar-refractivity contribution >= 4 is 5.91 Å². The van der Waals surface area contributed by atoms with Crippen molar-refractivity contribution in [2.45, 2.75) is 58.5 Å². The molecule has 0 bridgehead atoms. The van der Waals surface area contributed by atoms with Crippen LogP contribution >= 0.6 is 0 Å². The topological polar surface area (TPSA) is 20.3 Å². The van der Waals surface area contributed by atoms with Crippen LogP contribution in [0.25, 0.3) is 0 Å². The van der Waals surface area contributed by atoms with Gasteiger partial charge in [0.25, 0.3) is 0 Å². The van der Waals surface area contributed by atoms with Crippen LogP contribution in [0.3, 0.4) is 0 Å². The van der Waals surface area contributed by atoms with Gasteiger partial charge < -0.3 is 4.90 Å². The van der Waals surface area contributed by atoms with E-state index >= 15 is 0 Å². The summed E-state index contributed by atoms with van der Waals surface area (Å²) in [5.41, 5.74) is 2.35. The van der Waals surface area contributed by atoms with E-state index in [4.69, 9.17) is 0 Å². The number of hydrogen-bond acceptors (Lipinski definition) is 1. The zero-order valence-corrected chi connectivity index (χ0v) is 11.6. The van der Waals surface area contributed by atoms with Crippen molar-refractivity contribution in [1.29, 1.82) is 0 Å². The minimum Gasteiger partial charge on any atom is -0.337 e. The van der Waals surface area contributed by atoms with E-state index in [1.165, 1.54) is 12.0 Å². The predicted molar refractivity (Wildman–Crippen MR) is 74.5 cm³/mol. The highest BCUT2D eigenvalue weighted by Gasteiger charge is 2.28. The molecule has 1 aliphatic rings. The molecule has 2 rings (SSSR count). The molecule has 98 valence electrons. The maximum absolute atomic E-state index is 12.4. The average molecular weight is 245 g/mol. The number of nitrogens with zero attached hydrogens (tertiary/aromatic N) is 1. The Morgan fingerprint density at radius 1 is 1.28 bits per heavy atom. The Bertz CT molecular complexity index is 417. The molecule has 1 fully saturated rings. The molecule has 2 heteroatoms. The molecule has 0 aliphatic carbocycles. The van der Waals surface area contributed by atoms with Gasteiger partial charge in [0.05, 0.1) is 6.42 Å². The number of carbonyl (C=O) groups excluding carboxylic acids is 1. The van der Waals surface area contributed by atoms with Crippen LogP contribution in [0.5, 0.6) is 0 Å². The number of benzene rings is 1. The van der Waals surface area contributed by atoms with E-state index in [9.17, 15) is 4.79 Å². The molecule has 1 aromatic carbocycles. The van der Waals surface area contributed by atoms with E-state index < -0.39 is 0 Å². The summed E-state index contributed by atoms with van der Waals surface area (Å²) in [4.78, 5) is 14.5. The van der Waals surface area contributed by atoms with E-state index in [0.717, 1.165) is 18.4 Å². The lowest BCUT2D eigenvalue weighted by atomic mass is 9.96. The Morgan fingerprint density at radius 3 is 2.56 bits per heavy atom. The number of hydrogen-bond donors (Lipinski definition) is 0. The molecule has 1 aromatic rings. The Morgan fingerprint density at radius 2 is 1.94 bits per heavy atom. The second-order valence-corrected chi connectivity index (χ2v) is 5.60. The summed E-state index contributed by atoms with van der Waals surface area (Å²) >= 11 is 0. The third kappa shape index (κ3) is 2.92. The van der Waals surface area contributed by atoms with E-state index in [1.807, 2.05) is 12.1 Å². The van der Waals surface area contributed by atoms with Crippen molar-refractivity contribution in [3.63, 3.8) is 0 Å². The lowest BCUT2D eigenvalue weighted by Gasteiger charge is -2.39. The smallest absolute Gasteiger partial charge is 0.227 e. The second-order valence-electron chi connectivity index (χ2n) is 5.60. The highest BCUT2D eigenvalue weighted by atomic mass is 16.2. The Labute approximate surface area is 110 Å². The zero-order chi connectivity index (χ0) is 13.1. The van der Waals surface area contributed by atoms with Gasteiger partial charge in [-0.3, -0.25) is 4.79 Å². The van der Waals surface area contributed by atoms with Crippen LogP contribution in [0.15, 0.2) is 24.3 Å². The van der Waals surface area contributed by atoms with E-state index in [0.29, 0.717) is 18.5 Å². The molecule has 0 spiro atoms. The number of aryl methyl sites for hydroxylation is 1. The van der Waals surface area contributed by atoms with Gasteiger partial charge in [0.1, 0.15) is 0 Å². The van der Waals surface area contributed by atoms with Crippen molar-refractivity contribution < 1.29 is 4.79 Å². The van der Waals surface area contributed by atoms with Crippen molar-refractivity contribution in [3.05, 3.63) is 35.4 Å². The van der Waals surface area contributed by atoms with Gasteiger partial charge in [-0.15, -0.1) is 0 Å². The summed E-state index contributed by atoms with van der Waals surface area (Å²) in [5, 5.41) is 0. The second kappa shape index (κ2) is 5.55. The van der Waals surface area contributed by atoms with Crippen LogP contribution in [0.2, 0.25) is 0 Å². The first-order valence-electron chi connectivity index (χ1n) is 6.94. The fourth-order valence-electron chi connectivity index (χ4n) is 3.00. The lowest BCUT2D eigenvalue weighted by molar-refractivity contribution is -0.136. The predicted octanol–water partition coefficient (Wildman–Crippen LogP) is 3.33. The summed E-state index contributed by atoms with van der Waals surface area (Å²) in [7, 11) is 0. The third-order valence-corrected chi connectivity index (χ3v) is 3.92. The fourth-order valence-corrected chi connectivity index (χ4v) is 3.00. The van der Waals surface area contributed by atoms with Crippen LogP contribution in [-0.2, 0) is 11.2 Å². The van der Waals surface area contributed by atoms with E-state index in [-0.39, 0.29) is 5.91 Å². The van der Waals surface area contributed by atoms with Crippen LogP contribution in [0.4, 0.5) is 0 Å². The van der Waals surface area contributed by atoms with Gasteiger partial charge in [0.2, 0.25) is 5.91 Å². The third-order valence-electron chi connectivity index (χ3n) is 3.92. The zero-order valence-electron chi connectivity index (χ0n) is 11.6. The number of amides is 1.